The Hall–Kier alpha value is -2.89. The van der Waals surface area contributed by atoms with Gasteiger partial charge in [0.1, 0.15) is 0 Å². The molecule has 2 rings (SSSR count). The number of nitrogens with zero attached hydrogens (tertiary/aromatic N) is 1. The van der Waals surface area contributed by atoms with Gasteiger partial charge in [-0.15, -0.1) is 0 Å². The quantitative estimate of drug-likeness (QED) is 0.608. The van der Waals surface area contributed by atoms with Crippen LogP contribution >= 0.6 is 0 Å². The molecule has 1 heterocycles. The van der Waals surface area contributed by atoms with E-state index in [4.69, 9.17) is 4.74 Å². The van der Waals surface area contributed by atoms with Crippen molar-refractivity contribution < 1.29 is 19.1 Å². The first-order valence-electron chi connectivity index (χ1n) is 8.58. The molecule has 1 aromatic carbocycles. The van der Waals surface area contributed by atoms with Crippen molar-refractivity contribution in [2.45, 2.75) is 40.7 Å². The highest BCUT2D eigenvalue weighted by atomic mass is 16.5. The van der Waals surface area contributed by atoms with Crippen LogP contribution < -0.4 is 5.32 Å². The molecular formula is C20H24N2O4. The van der Waals surface area contributed by atoms with Crippen LogP contribution in [0.15, 0.2) is 30.3 Å². The lowest BCUT2D eigenvalue weighted by atomic mass is 10.1. The van der Waals surface area contributed by atoms with E-state index in [1.165, 1.54) is 13.0 Å². The summed E-state index contributed by atoms with van der Waals surface area (Å²) in [7, 11) is 0. The highest BCUT2D eigenvalue weighted by molar-refractivity contribution is 6.00. The predicted molar refractivity (Wildman–Crippen MR) is 99.6 cm³/mol. The van der Waals surface area contributed by atoms with E-state index in [0.29, 0.717) is 11.3 Å². The Kier molecular flexibility index (Phi) is 6.33. The molecule has 1 N–H and O–H groups in total. The average Bonchev–Trinajstić information content (AvgIpc) is 2.87. The van der Waals surface area contributed by atoms with E-state index in [2.05, 4.69) is 16.8 Å². The molecule has 0 aliphatic heterocycles. The van der Waals surface area contributed by atoms with Crippen molar-refractivity contribution in [1.82, 2.24) is 4.57 Å². The first-order chi connectivity index (χ1) is 12.3. The number of carbonyl (C=O) groups is 3. The van der Waals surface area contributed by atoms with Gasteiger partial charge < -0.3 is 14.6 Å². The van der Waals surface area contributed by atoms with Gasteiger partial charge in [-0.1, -0.05) is 13.0 Å². The standard InChI is InChI=1S/C20H24N2O4/c1-5-9-22-13(2)10-18(14(22)3)19(24)12-26-20(25)16-7-6-8-17(11-16)21-15(4)23/h6-8,10-11H,5,9,12H2,1-4H3,(H,21,23). The SMILES string of the molecule is CCCn1c(C)cc(C(=O)COC(=O)c2cccc(NC(C)=O)c2)c1C. The van der Waals surface area contributed by atoms with Gasteiger partial charge in [-0.3, -0.25) is 9.59 Å². The van der Waals surface area contributed by atoms with Crippen molar-refractivity contribution >= 4 is 23.3 Å². The molecule has 0 fully saturated rings. The predicted octanol–water partition coefficient (Wildman–Crippen LogP) is 3.51. The van der Waals surface area contributed by atoms with Gasteiger partial charge in [0.15, 0.2) is 6.61 Å². The molecule has 0 saturated carbocycles. The van der Waals surface area contributed by atoms with Crippen molar-refractivity contribution in [1.29, 1.82) is 0 Å². The Balaban J connectivity index is 2.04. The van der Waals surface area contributed by atoms with Gasteiger partial charge in [-0.25, -0.2) is 4.79 Å². The van der Waals surface area contributed by atoms with Crippen LogP contribution in [0.25, 0.3) is 0 Å². The number of benzene rings is 1. The van der Waals surface area contributed by atoms with Crippen LogP contribution in [-0.4, -0.2) is 28.8 Å². The molecule has 0 aliphatic carbocycles. The van der Waals surface area contributed by atoms with Crippen molar-refractivity contribution in [3.8, 4) is 0 Å². The van der Waals surface area contributed by atoms with Gasteiger partial charge in [-0.05, 0) is 44.5 Å². The number of rotatable bonds is 7. The van der Waals surface area contributed by atoms with E-state index in [9.17, 15) is 14.4 Å². The third-order valence-electron chi connectivity index (χ3n) is 4.07. The normalized spacial score (nSPS) is 10.5. The number of ketones is 1. The molecule has 6 nitrogen and oxygen atoms in total. The second kappa shape index (κ2) is 8.47. The third kappa shape index (κ3) is 4.59. The molecule has 0 saturated heterocycles. The Morgan fingerprint density at radius 2 is 1.88 bits per heavy atom. The monoisotopic (exact) mass is 356 g/mol. The number of aryl methyl sites for hydroxylation is 1. The number of aromatic nitrogens is 1. The van der Waals surface area contributed by atoms with E-state index < -0.39 is 5.97 Å². The molecule has 0 radical (unpaired) electrons. The molecule has 0 bridgehead atoms. The van der Waals surface area contributed by atoms with Gasteiger partial charge in [0.2, 0.25) is 11.7 Å². The largest absolute Gasteiger partial charge is 0.454 e. The Morgan fingerprint density at radius 3 is 2.54 bits per heavy atom. The summed E-state index contributed by atoms with van der Waals surface area (Å²) in [5.74, 6) is -1.06. The Morgan fingerprint density at radius 1 is 1.15 bits per heavy atom. The minimum absolute atomic E-state index is 0.229. The smallest absolute Gasteiger partial charge is 0.338 e. The lowest BCUT2D eigenvalue weighted by Crippen LogP contribution is -2.15. The fraction of sp³-hybridized carbons (Fsp3) is 0.350. The van der Waals surface area contributed by atoms with Crippen LogP contribution in [0.2, 0.25) is 0 Å². The Labute approximate surface area is 153 Å². The van der Waals surface area contributed by atoms with Crippen molar-refractivity contribution in [3.63, 3.8) is 0 Å². The summed E-state index contributed by atoms with van der Waals surface area (Å²) in [6, 6.07) is 8.24. The van der Waals surface area contributed by atoms with Crippen molar-refractivity contribution in [2.24, 2.45) is 0 Å². The topological polar surface area (TPSA) is 77.4 Å². The maximum absolute atomic E-state index is 12.4. The van der Waals surface area contributed by atoms with Gasteiger partial charge in [0, 0.05) is 36.1 Å². The first kappa shape index (κ1) is 19.4. The summed E-state index contributed by atoms with van der Waals surface area (Å²) in [6.45, 7) is 7.85. The highest BCUT2D eigenvalue weighted by Crippen LogP contribution is 2.17. The summed E-state index contributed by atoms with van der Waals surface area (Å²) in [4.78, 5) is 35.7. The van der Waals surface area contributed by atoms with Gasteiger partial charge in [0.05, 0.1) is 5.56 Å². The van der Waals surface area contributed by atoms with E-state index in [-0.39, 0.29) is 23.9 Å². The molecule has 2 aromatic rings. The number of anilines is 1. The second-order valence-corrected chi connectivity index (χ2v) is 6.20. The number of amides is 1. The first-order valence-corrected chi connectivity index (χ1v) is 8.58. The minimum Gasteiger partial charge on any atom is -0.454 e. The molecule has 0 aliphatic rings. The number of ether oxygens (including phenoxy) is 1. The summed E-state index contributed by atoms with van der Waals surface area (Å²) in [5, 5.41) is 2.60. The highest BCUT2D eigenvalue weighted by Gasteiger charge is 2.17. The van der Waals surface area contributed by atoms with Crippen LogP contribution in [0.5, 0.6) is 0 Å². The number of carbonyl (C=O) groups excluding carboxylic acids is 3. The molecule has 0 atom stereocenters. The lowest BCUT2D eigenvalue weighted by molar-refractivity contribution is -0.114. The molecule has 26 heavy (non-hydrogen) atoms. The molecule has 1 aromatic heterocycles. The van der Waals surface area contributed by atoms with E-state index in [0.717, 1.165) is 24.4 Å². The second-order valence-electron chi connectivity index (χ2n) is 6.20. The molecule has 0 unspecified atom stereocenters. The van der Waals surface area contributed by atoms with Crippen LogP contribution in [-0.2, 0) is 16.1 Å². The average molecular weight is 356 g/mol. The van der Waals surface area contributed by atoms with E-state index >= 15 is 0 Å². The number of nitrogens with one attached hydrogen (secondary N) is 1. The van der Waals surface area contributed by atoms with Gasteiger partial charge >= 0.3 is 5.97 Å². The van der Waals surface area contributed by atoms with Crippen LogP contribution in [0, 0.1) is 13.8 Å². The number of hydrogen-bond donors (Lipinski definition) is 1. The third-order valence-corrected chi connectivity index (χ3v) is 4.07. The summed E-state index contributed by atoms with van der Waals surface area (Å²) in [6.07, 6.45) is 0.976. The van der Waals surface area contributed by atoms with E-state index in [1.54, 1.807) is 18.2 Å². The zero-order chi connectivity index (χ0) is 19.3. The van der Waals surface area contributed by atoms with Crippen LogP contribution in [0.3, 0.4) is 0 Å². The van der Waals surface area contributed by atoms with Gasteiger partial charge in [-0.2, -0.15) is 0 Å². The number of hydrogen-bond acceptors (Lipinski definition) is 4. The zero-order valence-corrected chi connectivity index (χ0v) is 15.6. The molecule has 0 spiro atoms. The van der Waals surface area contributed by atoms with Gasteiger partial charge in [0.25, 0.3) is 0 Å². The molecule has 1 amide bonds. The fourth-order valence-corrected chi connectivity index (χ4v) is 2.87. The zero-order valence-electron chi connectivity index (χ0n) is 15.6. The van der Waals surface area contributed by atoms with Crippen molar-refractivity contribution in [2.75, 3.05) is 11.9 Å². The summed E-state index contributed by atoms with van der Waals surface area (Å²) in [5.41, 5.74) is 3.26. The summed E-state index contributed by atoms with van der Waals surface area (Å²) >= 11 is 0. The van der Waals surface area contributed by atoms with Crippen LogP contribution in [0.4, 0.5) is 5.69 Å². The minimum atomic E-state index is -0.604. The van der Waals surface area contributed by atoms with Crippen molar-refractivity contribution in [3.05, 3.63) is 52.8 Å². The molecule has 6 heteroatoms. The lowest BCUT2D eigenvalue weighted by Gasteiger charge is -2.08. The van der Waals surface area contributed by atoms with Crippen LogP contribution in [0.1, 0.15) is 52.4 Å². The number of esters is 1. The maximum atomic E-state index is 12.4. The Bertz CT molecular complexity index is 836. The number of Topliss-reactive ketones (excluding diaryl/α,β-unsaturated/α-hetero) is 1. The fourth-order valence-electron chi connectivity index (χ4n) is 2.87. The molecular weight excluding hydrogens is 332 g/mol. The van der Waals surface area contributed by atoms with E-state index in [1.807, 2.05) is 19.9 Å². The summed E-state index contributed by atoms with van der Waals surface area (Å²) < 4.78 is 7.25. The molecule has 138 valence electrons. The maximum Gasteiger partial charge on any atom is 0.338 e.